The molecular weight excluding hydrogens is 352 g/mol. The molecule has 24 heavy (non-hydrogen) atoms. The molecule has 2 aromatic rings. The largest absolute Gasteiger partial charge is 0.468 e. The average molecular weight is 370 g/mol. The highest BCUT2D eigenvalue weighted by Crippen LogP contribution is 2.25. The number of hydrogen-bond donors (Lipinski definition) is 0. The Bertz CT molecular complexity index is 869. The summed E-state index contributed by atoms with van der Waals surface area (Å²) in [5, 5.41) is -0.553. The van der Waals surface area contributed by atoms with Crippen molar-refractivity contribution in [3.05, 3.63) is 48.7 Å². The highest BCUT2D eigenvalue weighted by Gasteiger charge is 2.35. The van der Waals surface area contributed by atoms with Crippen LogP contribution in [-0.2, 0) is 25.6 Å². The molecule has 1 aliphatic rings. The molecule has 0 atom stereocenters. The third kappa shape index (κ3) is 3.52. The summed E-state index contributed by atoms with van der Waals surface area (Å²) in [5.74, 6) is 0.250. The van der Waals surface area contributed by atoms with Crippen molar-refractivity contribution in [1.82, 2.24) is 9.29 Å². The van der Waals surface area contributed by atoms with Crippen LogP contribution in [0.1, 0.15) is 18.6 Å². The fourth-order valence-corrected chi connectivity index (χ4v) is 5.95. The highest BCUT2D eigenvalue weighted by atomic mass is 32.2. The fraction of sp³-hybridized carbons (Fsp3) is 0.400. The summed E-state index contributed by atoms with van der Waals surface area (Å²) in [4.78, 5) is 3.96. The molecule has 0 saturated carbocycles. The summed E-state index contributed by atoms with van der Waals surface area (Å²) in [6.07, 6.45) is 4.81. The molecule has 9 heteroatoms. The summed E-state index contributed by atoms with van der Waals surface area (Å²) >= 11 is 0. The molecule has 1 aliphatic heterocycles. The molecule has 130 valence electrons. The lowest BCUT2D eigenvalue weighted by Crippen LogP contribution is -2.42. The Labute approximate surface area is 141 Å². The molecule has 2 aromatic heterocycles. The van der Waals surface area contributed by atoms with E-state index in [4.69, 9.17) is 4.42 Å². The van der Waals surface area contributed by atoms with E-state index in [0.29, 0.717) is 5.76 Å². The summed E-state index contributed by atoms with van der Waals surface area (Å²) in [5.41, 5.74) is 0. The molecule has 0 amide bonds. The maximum atomic E-state index is 12.5. The lowest BCUT2D eigenvalue weighted by atomic mass is 10.2. The van der Waals surface area contributed by atoms with E-state index in [-0.39, 0.29) is 36.6 Å². The summed E-state index contributed by atoms with van der Waals surface area (Å²) in [7, 11) is -6.99. The molecule has 3 heterocycles. The smallest absolute Gasteiger partial charge is 0.244 e. The molecule has 0 unspecified atom stereocenters. The minimum atomic E-state index is -3.62. The van der Waals surface area contributed by atoms with Crippen LogP contribution in [0.15, 0.2) is 52.2 Å². The Morgan fingerprint density at radius 3 is 2.46 bits per heavy atom. The van der Waals surface area contributed by atoms with Crippen LogP contribution >= 0.6 is 0 Å². The predicted octanol–water partition coefficient (Wildman–Crippen LogP) is 1.44. The second-order valence-electron chi connectivity index (χ2n) is 5.68. The molecule has 0 spiro atoms. The Morgan fingerprint density at radius 2 is 1.88 bits per heavy atom. The summed E-state index contributed by atoms with van der Waals surface area (Å²) < 4.78 is 56.3. The molecule has 0 aliphatic carbocycles. The van der Waals surface area contributed by atoms with Gasteiger partial charge in [-0.2, -0.15) is 4.31 Å². The van der Waals surface area contributed by atoms with Crippen LogP contribution in [-0.4, -0.2) is 44.5 Å². The van der Waals surface area contributed by atoms with Gasteiger partial charge in [-0.3, -0.25) is 4.98 Å². The quantitative estimate of drug-likeness (QED) is 0.790. The van der Waals surface area contributed by atoms with Crippen LogP contribution < -0.4 is 0 Å². The van der Waals surface area contributed by atoms with Crippen LogP contribution in [0, 0.1) is 0 Å². The van der Waals surface area contributed by atoms with Crippen molar-refractivity contribution < 1.29 is 21.3 Å². The minimum absolute atomic E-state index is 0.127. The second kappa shape index (κ2) is 6.66. The molecule has 1 fully saturated rings. The number of sulfone groups is 1. The molecule has 3 rings (SSSR count). The van der Waals surface area contributed by atoms with Crippen LogP contribution in [0.4, 0.5) is 0 Å². The Hall–Kier alpha value is -1.71. The number of hydrogen-bond acceptors (Lipinski definition) is 6. The Kier molecular flexibility index (Phi) is 4.75. The van der Waals surface area contributed by atoms with Crippen molar-refractivity contribution in [1.29, 1.82) is 0 Å². The van der Waals surface area contributed by atoms with Crippen LogP contribution in [0.3, 0.4) is 0 Å². The third-order valence-electron chi connectivity index (χ3n) is 4.10. The normalized spacial score (nSPS) is 17.8. The molecule has 0 radical (unpaired) electrons. The van der Waals surface area contributed by atoms with E-state index >= 15 is 0 Å². The monoisotopic (exact) mass is 370 g/mol. The Balaban J connectivity index is 1.68. The number of piperidine rings is 1. The number of furan rings is 1. The van der Waals surface area contributed by atoms with Gasteiger partial charge in [0.1, 0.15) is 16.4 Å². The van der Waals surface area contributed by atoms with Crippen LogP contribution in [0.2, 0.25) is 0 Å². The van der Waals surface area contributed by atoms with Gasteiger partial charge in [0.2, 0.25) is 10.0 Å². The zero-order chi connectivity index (χ0) is 17.2. The van der Waals surface area contributed by atoms with Gasteiger partial charge < -0.3 is 4.42 Å². The fourth-order valence-electron chi connectivity index (χ4n) is 2.79. The molecule has 0 N–H and O–H groups in total. The van der Waals surface area contributed by atoms with E-state index in [9.17, 15) is 16.8 Å². The van der Waals surface area contributed by atoms with Crippen molar-refractivity contribution in [2.45, 2.75) is 28.7 Å². The first-order valence-electron chi connectivity index (χ1n) is 7.54. The Morgan fingerprint density at radius 1 is 1.12 bits per heavy atom. The molecular formula is C15H18N2O5S2. The third-order valence-corrected chi connectivity index (χ3v) is 8.16. The van der Waals surface area contributed by atoms with Gasteiger partial charge >= 0.3 is 0 Å². The molecule has 1 saturated heterocycles. The van der Waals surface area contributed by atoms with Gasteiger partial charge in [0.25, 0.3) is 0 Å². The zero-order valence-electron chi connectivity index (χ0n) is 12.9. The summed E-state index contributed by atoms with van der Waals surface area (Å²) in [6.45, 7) is 0.360. The first-order chi connectivity index (χ1) is 11.4. The van der Waals surface area contributed by atoms with Gasteiger partial charge in [0, 0.05) is 25.5 Å². The maximum absolute atomic E-state index is 12.5. The zero-order valence-corrected chi connectivity index (χ0v) is 14.5. The van der Waals surface area contributed by atoms with Crippen molar-refractivity contribution in [3.63, 3.8) is 0 Å². The highest BCUT2D eigenvalue weighted by molar-refractivity contribution is 7.91. The number of sulfonamides is 1. The van der Waals surface area contributed by atoms with Gasteiger partial charge in [-0.25, -0.2) is 16.8 Å². The van der Waals surface area contributed by atoms with E-state index in [1.165, 1.54) is 29.0 Å². The molecule has 0 bridgehead atoms. The lowest BCUT2D eigenvalue weighted by molar-refractivity contribution is 0.345. The van der Waals surface area contributed by atoms with Gasteiger partial charge in [-0.1, -0.05) is 0 Å². The molecule has 7 nitrogen and oxygen atoms in total. The SMILES string of the molecule is O=S(=O)(Cc1ccco1)C1CCN(S(=O)(=O)c2cccnc2)CC1. The topological polar surface area (TPSA) is 97.5 Å². The number of pyridine rings is 1. The average Bonchev–Trinajstić information content (AvgIpc) is 3.08. The van der Waals surface area contributed by atoms with E-state index < -0.39 is 25.1 Å². The number of nitrogens with zero attached hydrogens (tertiary/aromatic N) is 2. The van der Waals surface area contributed by atoms with E-state index in [0.717, 1.165) is 0 Å². The van der Waals surface area contributed by atoms with Gasteiger partial charge in [-0.05, 0) is 37.1 Å². The standard InChI is InChI=1S/C15H18N2O5S2/c18-23(19,12-13-3-2-10-22-13)14-5-8-17(9-6-14)24(20,21)15-4-1-7-16-11-15/h1-4,7,10-11,14H,5-6,8-9,12H2. The molecule has 0 aromatic carbocycles. The van der Waals surface area contributed by atoms with Gasteiger partial charge in [0.05, 0.1) is 11.5 Å². The predicted molar refractivity (Wildman–Crippen MR) is 87.3 cm³/mol. The van der Waals surface area contributed by atoms with Crippen molar-refractivity contribution in [3.8, 4) is 0 Å². The number of aromatic nitrogens is 1. The van der Waals surface area contributed by atoms with Crippen molar-refractivity contribution in [2.24, 2.45) is 0 Å². The van der Waals surface area contributed by atoms with E-state index in [1.54, 1.807) is 18.2 Å². The first kappa shape index (κ1) is 17.1. The second-order valence-corrected chi connectivity index (χ2v) is 9.90. The van der Waals surface area contributed by atoms with Crippen molar-refractivity contribution in [2.75, 3.05) is 13.1 Å². The van der Waals surface area contributed by atoms with Crippen LogP contribution in [0.5, 0.6) is 0 Å². The number of rotatable bonds is 5. The summed E-state index contributed by atoms with van der Waals surface area (Å²) in [6, 6.07) is 6.32. The first-order valence-corrected chi connectivity index (χ1v) is 10.7. The maximum Gasteiger partial charge on any atom is 0.244 e. The minimum Gasteiger partial charge on any atom is -0.468 e. The van der Waals surface area contributed by atoms with Gasteiger partial charge in [-0.15, -0.1) is 0 Å². The van der Waals surface area contributed by atoms with E-state index in [1.807, 2.05) is 0 Å². The van der Waals surface area contributed by atoms with Crippen molar-refractivity contribution >= 4 is 19.9 Å². The lowest BCUT2D eigenvalue weighted by Gasteiger charge is -2.30. The van der Waals surface area contributed by atoms with Crippen LogP contribution in [0.25, 0.3) is 0 Å². The van der Waals surface area contributed by atoms with Gasteiger partial charge in [0.15, 0.2) is 9.84 Å². The van der Waals surface area contributed by atoms with E-state index in [2.05, 4.69) is 4.98 Å².